The number of benzene rings is 2. The lowest BCUT2D eigenvalue weighted by atomic mass is 10.1. The normalized spacial score (nSPS) is 11.7. The van der Waals surface area contributed by atoms with Gasteiger partial charge in [-0.1, -0.05) is 50.6 Å². The molecule has 2 aromatic carbocycles. The Morgan fingerprint density at radius 1 is 1.00 bits per heavy atom. The number of hydrogen-bond acceptors (Lipinski definition) is 3. The maximum absolute atomic E-state index is 14.1. The summed E-state index contributed by atoms with van der Waals surface area (Å²) in [5, 5.41) is 2.49. The van der Waals surface area contributed by atoms with Gasteiger partial charge in [-0.3, -0.25) is 4.79 Å². The van der Waals surface area contributed by atoms with Crippen molar-refractivity contribution in [1.82, 2.24) is 9.80 Å². The summed E-state index contributed by atoms with van der Waals surface area (Å²) >= 11 is 1.63. The predicted octanol–water partition coefficient (Wildman–Crippen LogP) is 6.44. The van der Waals surface area contributed by atoms with Gasteiger partial charge >= 0.3 is 6.03 Å². The zero-order chi connectivity index (χ0) is 25.4. The van der Waals surface area contributed by atoms with Crippen LogP contribution in [0.1, 0.15) is 35.6 Å². The fourth-order valence-corrected chi connectivity index (χ4v) is 4.47. The van der Waals surface area contributed by atoms with Crippen LogP contribution in [0.25, 0.3) is 0 Å². The zero-order valence-electron chi connectivity index (χ0n) is 20.3. The molecule has 3 aromatic rings. The van der Waals surface area contributed by atoms with Crippen molar-refractivity contribution in [3.8, 4) is 0 Å². The van der Waals surface area contributed by atoms with Crippen LogP contribution in [0.15, 0.2) is 60.7 Å². The largest absolute Gasteiger partial charge is 0.332 e. The number of urea groups is 1. The summed E-state index contributed by atoms with van der Waals surface area (Å²) in [6, 6.07) is 16.1. The third kappa shape index (κ3) is 7.89. The van der Waals surface area contributed by atoms with Crippen molar-refractivity contribution in [3.63, 3.8) is 0 Å². The van der Waals surface area contributed by atoms with Gasteiger partial charge in [0.25, 0.3) is 0 Å². The lowest BCUT2D eigenvalue weighted by Gasteiger charge is -2.29. The zero-order valence-corrected chi connectivity index (χ0v) is 21.1. The summed E-state index contributed by atoms with van der Waals surface area (Å²) in [6.45, 7) is 7.01. The number of anilines is 1. The monoisotopic (exact) mass is 499 g/mol. The molecule has 5 nitrogen and oxygen atoms in total. The average Bonchev–Trinajstić information content (AvgIpc) is 3.24. The van der Waals surface area contributed by atoms with Crippen LogP contribution in [0.5, 0.6) is 0 Å². The van der Waals surface area contributed by atoms with Crippen molar-refractivity contribution in [2.75, 3.05) is 18.4 Å². The minimum Gasteiger partial charge on any atom is -0.332 e. The smallest absolute Gasteiger partial charge is 0.322 e. The van der Waals surface area contributed by atoms with Crippen LogP contribution in [0.3, 0.4) is 0 Å². The second kappa shape index (κ2) is 12.4. The van der Waals surface area contributed by atoms with E-state index < -0.39 is 17.7 Å². The van der Waals surface area contributed by atoms with E-state index in [9.17, 15) is 18.4 Å². The molecule has 0 saturated carbocycles. The second-order valence-corrected chi connectivity index (χ2v) is 10.1. The first-order chi connectivity index (χ1) is 16.7. The SMILES string of the molecule is CC[C@@H](C)CN(CC(=O)N(Cc1ccccc1)Cc1ccc(C)s1)C(=O)Nc1ccc(F)cc1F. The van der Waals surface area contributed by atoms with Gasteiger partial charge in [-0.05, 0) is 42.7 Å². The Morgan fingerprint density at radius 2 is 1.74 bits per heavy atom. The first kappa shape index (κ1) is 26.3. The van der Waals surface area contributed by atoms with Crippen molar-refractivity contribution >= 4 is 29.0 Å². The summed E-state index contributed by atoms with van der Waals surface area (Å²) in [7, 11) is 0. The molecule has 35 heavy (non-hydrogen) atoms. The van der Waals surface area contributed by atoms with Crippen molar-refractivity contribution in [1.29, 1.82) is 0 Å². The Balaban J connectivity index is 1.79. The summed E-state index contributed by atoms with van der Waals surface area (Å²) in [5.41, 5.74) is 0.855. The molecular weight excluding hydrogens is 468 g/mol. The Kier molecular flexibility index (Phi) is 9.37. The Hall–Kier alpha value is -3.26. The maximum Gasteiger partial charge on any atom is 0.322 e. The third-order valence-electron chi connectivity index (χ3n) is 5.73. The van der Waals surface area contributed by atoms with E-state index in [2.05, 4.69) is 5.32 Å². The molecule has 3 rings (SSSR count). The molecule has 1 heterocycles. The molecule has 0 radical (unpaired) electrons. The van der Waals surface area contributed by atoms with Gasteiger partial charge in [0.2, 0.25) is 5.91 Å². The second-order valence-electron chi connectivity index (χ2n) is 8.70. The molecule has 0 fully saturated rings. The standard InChI is InChI=1S/C27H31F2N3O2S/c1-4-19(2)15-32(27(34)30-25-13-11-22(28)14-24(25)29)18-26(33)31(16-21-8-6-5-7-9-21)17-23-12-10-20(3)35-23/h5-14,19H,4,15-18H2,1-3H3,(H,30,34)/t19-/m1/s1. The first-order valence-electron chi connectivity index (χ1n) is 11.6. The van der Waals surface area contributed by atoms with Crippen LogP contribution >= 0.6 is 11.3 Å². The molecule has 0 aliphatic carbocycles. The number of hydrogen-bond donors (Lipinski definition) is 1. The van der Waals surface area contributed by atoms with Crippen LogP contribution in [-0.2, 0) is 17.9 Å². The predicted molar refractivity (Wildman–Crippen MR) is 136 cm³/mol. The van der Waals surface area contributed by atoms with E-state index in [0.717, 1.165) is 27.8 Å². The number of amides is 3. The van der Waals surface area contributed by atoms with Crippen LogP contribution in [0, 0.1) is 24.5 Å². The van der Waals surface area contributed by atoms with E-state index in [-0.39, 0.29) is 24.1 Å². The number of aryl methyl sites for hydroxylation is 1. The number of rotatable bonds is 10. The third-order valence-corrected chi connectivity index (χ3v) is 6.71. The number of nitrogens with one attached hydrogen (secondary N) is 1. The molecule has 3 amide bonds. The molecule has 0 aliphatic heterocycles. The molecule has 1 aromatic heterocycles. The lowest BCUT2D eigenvalue weighted by molar-refractivity contribution is -0.133. The molecule has 1 N–H and O–H groups in total. The van der Waals surface area contributed by atoms with Crippen LogP contribution in [-0.4, -0.2) is 34.8 Å². The van der Waals surface area contributed by atoms with Crippen LogP contribution in [0.4, 0.5) is 19.3 Å². The molecule has 186 valence electrons. The molecule has 1 atom stereocenters. The fourth-order valence-electron chi connectivity index (χ4n) is 3.57. The van der Waals surface area contributed by atoms with Gasteiger partial charge in [0, 0.05) is 28.9 Å². The number of nitrogens with zero attached hydrogens (tertiary/aromatic N) is 2. The Morgan fingerprint density at radius 3 is 2.37 bits per heavy atom. The van der Waals surface area contributed by atoms with Crippen molar-refractivity contribution in [3.05, 3.63) is 87.6 Å². The highest BCUT2D eigenvalue weighted by molar-refractivity contribution is 7.11. The summed E-state index contributed by atoms with van der Waals surface area (Å²) in [6.07, 6.45) is 0.811. The molecule has 0 saturated heterocycles. The van der Waals surface area contributed by atoms with Gasteiger partial charge in [0.1, 0.15) is 18.2 Å². The number of thiophene rings is 1. The maximum atomic E-state index is 14.1. The minimum absolute atomic E-state index is 0.131. The average molecular weight is 500 g/mol. The van der Waals surface area contributed by atoms with Crippen molar-refractivity contribution < 1.29 is 18.4 Å². The van der Waals surface area contributed by atoms with E-state index in [0.29, 0.717) is 25.7 Å². The summed E-state index contributed by atoms with van der Waals surface area (Å²) in [4.78, 5) is 31.9. The van der Waals surface area contributed by atoms with Crippen molar-refractivity contribution in [2.24, 2.45) is 5.92 Å². The Bertz CT molecular complexity index is 1140. The molecule has 8 heteroatoms. The lowest BCUT2D eigenvalue weighted by Crippen LogP contribution is -2.45. The van der Waals surface area contributed by atoms with Gasteiger partial charge in [0.15, 0.2) is 0 Å². The number of halogens is 2. The molecular formula is C27H31F2N3O2S. The highest BCUT2D eigenvalue weighted by Crippen LogP contribution is 2.20. The molecule has 0 aliphatic rings. The summed E-state index contributed by atoms with van der Waals surface area (Å²) < 4.78 is 27.4. The number of carbonyl (C=O) groups excluding carboxylic acids is 2. The molecule has 0 unspecified atom stereocenters. The fraction of sp³-hybridized carbons (Fsp3) is 0.333. The molecule has 0 bridgehead atoms. The Labute approximate surface area is 209 Å². The van der Waals surface area contributed by atoms with E-state index >= 15 is 0 Å². The van der Waals surface area contributed by atoms with E-state index in [4.69, 9.17) is 0 Å². The van der Waals surface area contributed by atoms with E-state index in [1.165, 1.54) is 11.0 Å². The van der Waals surface area contributed by atoms with Crippen LogP contribution < -0.4 is 5.32 Å². The van der Waals surface area contributed by atoms with Gasteiger partial charge in [-0.2, -0.15) is 0 Å². The number of carbonyl (C=O) groups is 2. The van der Waals surface area contributed by atoms with Gasteiger partial charge in [0.05, 0.1) is 12.2 Å². The van der Waals surface area contributed by atoms with Gasteiger partial charge < -0.3 is 15.1 Å². The quantitative estimate of drug-likeness (QED) is 0.349. The summed E-state index contributed by atoms with van der Waals surface area (Å²) in [5.74, 6) is -1.67. The first-order valence-corrected chi connectivity index (χ1v) is 12.4. The van der Waals surface area contributed by atoms with Gasteiger partial charge in [-0.15, -0.1) is 11.3 Å². The highest BCUT2D eigenvalue weighted by Gasteiger charge is 2.24. The van der Waals surface area contributed by atoms with Crippen molar-refractivity contribution in [2.45, 2.75) is 40.3 Å². The van der Waals surface area contributed by atoms with E-state index in [1.807, 2.05) is 63.2 Å². The molecule has 0 spiro atoms. The van der Waals surface area contributed by atoms with E-state index in [1.54, 1.807) is 16.2 Å². The van der Waals surface area contributed by atoms with Crippen LogP contribution in [0.2, 0.25) is 0 Å². The van der Waals surface area contributed by atoms with Gasteiger partial charge in [-0.25, -0.2) is 13.6 Å². The topological polar surface area (TPSA) is 52.7 Å². The highest BCUT2D eigenvalue weighted by atomic mass is 32.1. The minimum atomic E-state index is -0.869.